The second kappa shape index (κ2) is 11.5. The highest BCUT2D eigenvalue weighted by Crippen LogP contribution is 2.32. The zero-order valence-corrected chi connectivity index (χ0v) is 21.2. The number of halogens is 1. The molecule has 0 saturated heterocycles. The summed E-state index contributed by atoms with van der Waals surface area (Å²) < 4.78 is 0. The van der Waals surface area contributed by atoms with E-state index in [2.05, 4.69) is 19.2 Å². The van der Waals surface area contributed by atoms with Crippen molar-refractivity contribution in [1.82, 2.24) is 5.32 Å². The monoisotopic (exact) mass is 488 g/mol. The molecule has 1 aliphatic carbocycles. The molecule has 0 radical (unpaired) electrons. The number of rotatable bonds is 7. The predicted octanol–water partition coefficient (Wildman–Crippen LogP) is 7.30. The molecule has 4 nitrogen and oxygen atoms in total. The van der Waals surface area contributed by atoms with Crippen molar-refractivity contribution in [2.75, 3.05) is 4.90 Å². The summed E-state index contributed by atoms with van der Waals surface area (Å²) in [6, 6.07) is 23.6. The maximum atomic E-state index is 14.0. The van der Waals surface area contributed by atoms with Crippen LogP contribution in [0.5, 0.6) is 0 Å². The molecule has 182 valence electrons. The Morgan fingerprint density at radius 2 is 1.43 bits per heavy atom. The summed E-state index contributed by atoms with van der Waals surface area (Å²) in [5, 5.41) is 3.84. The lowest BCUT2D eigenvalue weighted by Crippen LogP contribution is -2.47. The fourth-order valence-electron chi connectivity index (χ4n) is 4.71. The van der Waals surface area contributed by atoms with Crippen molar-refractivity contribution in [2.45, 2.75) is 64.0 Å². The van der Waals surface area contributed by atoms with E-state index < -0.39 is 6.04 Å². The van der Waals surface area contributed by atoms with Crippen molar-refractivity contribution in [1.29, 1.82) is 0 Å². The van der Waals surface area contributed by atoms with E-state index in [-0.39, 0.29) is 17.9 Å². The summed E-state index contributed by atoms with van der Waals surface area (Å²) in [6.07, 6.45) is 5.36. The molecule has 1 saturated carbocycles. The second-order valence-corrected chi connectivity index (χ2v) is 10.0. The first-order chi connectivity index (χ1) is 16.9. The van der Waals surface area contributed by atoms with Gasteiger partial charge in [0.2, 0.25) is 5.91 Å². The molecule has 0 heterocycles. The van der Waals surface area contributed by atoms with Gasteiger partial charge in [-0.2, -0.15) is 0 Å². The molecule has 1 fully saturated rings. The van der Waals surface area contributed by atoms with Crippen LogP contribution in [0.15, 0.2) is 78.9 Å². The molecular formula is C30H33ClN2O2. The van der Waals surface area contributed by atoms with Gasteiger partial charge in [-0.25, -0.2) is 0 Å². The Hall–Kier alpha value is -3.11. The molecule has 0 aromatic heterocycles. The summed E-state index contributed by atoms with van der Waals surface area (Å²) in [5.41, 5.74) is 3.11. The van der Waals surface area contributed by atoms with Crippen molar-refractivity contribution < 1.29 is 9.59 Å². The van der Waals surface area contributed by atoms with Gasteiger partial charge in [0.15, 0.2) is 0 Å². The molecular weight excluding hydrogens is 456 g/mol. The summed E-state index contributed by atoms with van der Waals surface area (Å²) in [4.78, 5) is 29.5. The minimum Gasteiger partial charge on any atom is -0.351 e. The third-order valence-corrected chi connectivity index (χ3v) is 6.97. The van der Waals surface area contributed by atoms with E-state index in [1.54, 1.807) is 29.2 Å². The first-order valence-electron chi connectivity index (χ1n) is 12.5. The Labute approximate surface area is 213 Å². The Balaban J connectivity index is 1.79. The van der Waals surface area contributed by atoms with Crippen molar-refractivity contribution >= 4 is 29.1 Å². The third kappa shape index (κ3) is 6.12. The number of benzene rings is 3. The van der Waals surface area contributed by atoms with Crippen molar-refractivity contribution in [2.24, 2.45) is 0 Å². The summed E-state index contributed by atoms with van der Waals surface area (Å²) >= 11 is 6.17. The third-order valence-electron chi connectivity index (χ3n) is 6.72. The van der Waals surface area contributed by atoms with Crippen LogP contribution in [0, 0.1) is 0 Å². The van der Waals surface area contributed by atoms with E-state index in [1.165, 1.54) is 12.0 Å². The van der Waals surface area contributed by atoms with Crippen LogP contribution in [-0.2, 0) is 4.79 Å². The average molecular weight is 489 g/mol. The highest BCUT2D eigenvalue weighted by atomic mass is 35.5. The SMILES string of the molecule is CC(C)c1ccc(N(C(=O)c2ccccc2)C(C(=O)NC2CCCCC2)c2ccc(Cl)cc2)cc1. The number of carbonyl (C=O) groups excluding carboxylic acids is 2. The topological polar surface area (TPSA) is 49.4 Å². The zero-order chi connectivity index (χ0) is 24.8. The Kier molecular flexibility index (Phi) is 8.25. The van der Waals surface area contributed by atoms with Gasteiger partial charge in [0.1, 0.15) is 6.04 Å². The van der Waals surface area contributed by atoms with Crippen molar-refractivity contribution in [3.63, 3.8) is 0 Å². The van der Waals surface area contributed by atoms with Crippen LogP contribution < -0.4 is 10.2 Å². The Morgan fingerprint density at radius 3 is 2.03 bits per heavy atom. The van der Waals surface area contributed by atoms with Gasteiger partial charge >= 0.3 is 0 Å². The summed E-state index contributed by atoms with van der Waals surface area (Å²) in [7, 11) is 0. The Bertz CT molecular complexity index is 1120. The predicted molar refractivity (Wildman–Crippen MR) is 143 cm³/mol. The standard InChI is InChI=1S/C30H33ClN2O2/c1-21(2)22-15-19-27(20-16-22)33(30(35)24-9-5-3-6-10-24)28(23-13-17-25(31)18-14-23)29(34)32-26-11-7-4-8-12-26/h3,5-6,9-10,13-21,26,28H,4,7-8,11-12H2,1-2H3,(H,32,34). The first kappa shape index (κ1) is 25.0. The average Bonchev–Trinajstić information content (AvgIpc) is 2.88. The van der Waals surface area contributed by atoms with Gasteiger partial charge in [-0.05, 0) is 66.3 Å². The van der Waals surface area contributed by atoms with E-state index in [9.17, 15) is 9.59 Å². The summed E-state index contributed by atoms with van der Waals surface area (Å²) in [6.45, 7) is 4.27. The maximum absolute atomic E-state index is 14.0. The van der Waals surface area contributed by atoms with Crippen LogP contribution in [0.3, 0.4) is 0 Å². The molecule has 3 aromatic rings. The highest BCUT2D eigenvalue weighted by molar-refractivity contribution is 6.30. The van der Waals surface area contributed by atoms with Gasteiger partial charge in [0, 0.05) is 22.3 Å². The van der Waals surface area contributed by atoms with Gasteiger partial charge in [0.05, 0.1) is 0 Å². The van der Waals surface area contributed by atoms with Crippen LogP contribution in [0.4, 0.5) is 5.69 Å². The zero-order valence-electron chi connectivity index (χ0n) is 20.4. The minimum absolute atomic E-state index is 0.128. The molecule has 1 aliphatic rings. The van der Waals surface area contributed by atoms with E-state index in [4.69, 9.17) is 11.6 Å². The number of hydrogen-bond acceptors (Lipinski definition) is 2. The van der Waals surface area contributed by atoms with E-state index >= 15 is 0 Å². The van der Waals surface area contributed by atoms with Crippen LogP contribution >= 0.6 is 11.6 Å². The van der Waals surface area contributed by atoms with E-state index in [1.807, 2.05) is 54.6 Å². The van der Waals surface area contributed by atoms with Crippen LogP contribution in [-0.4, -0.2) is 17.9 Å². The lowest BCUT2D eigenvalue weighted by atomic mass is 9.94. The largest absolute Gasteiger partial charge is 0.351 e. The second-order valence-electron chi connectivity index (χ2n) is 9.59. The van der Waals surface area contributed by atoms with Gasteiger partial charge < -0.3 is 5.32 Å². The molecule has 1 N–H and O–H groups in total. The fourth-order valence-corrected chi connectivity index (χ4v) is 4.84. The molecule has 1 atom stereocenters. The molecule has 0 aliphatic heterocycles. The van der Waals surface area contributed by atoms with Gasteiger partial charge in [0.25, 0.3) is 5.91 Å². The number of anilines is 1. The number of amides is 2. The number of hydrogen-bond donors (Lipinski definition) is 1. The van der Waals surface area contributed by atoms with Gasteiger partial charge in [-0.1, -0.05) is 87.2 Å². The highest BCUT2D eigenvalue weighted by Gasteiger charge is 2.34. The smallest absolute Gasteiger partial charge is 0.259 e. The molecule has 1 unspecified atom stereocenters. The van der Waals surface area contributed by atoms with Crippen LogP contribution in [0.25, 0.3) is 0 Å². The molecule has 3 aromatic carbocycles. The molecule has 5 heteroatoms. The fraction of sp³-hybridized carbons (Fsp3) is 0.333. The minimum atomic E-state index is -0.827. The maximum Gasteiger partial charge on any atom is 0.259 e. The molecule has 2 amide bonds. The van der Waals surface area contributed by atoms with Crippen molar-refractivity contribution in [3.05, 3.63) is 101 Å². The van der Waals surface area contributed by atoms with Crippen LogP contribution in [0.1, 0.15) is 79.4 Å². The lowest BCUT2D eigenvalue weighted by Gasteiger charge is -2.33. The number of nitrogens with one attached hydrogen (secondary N) is 1. The number of carbonyl (C=O) groups is 2. The van der Waals surface area contributed by atoms with Crippen LogP contribution in [0.2, 0.25) is 5.02 Å². The Morgan fingerprint density at radius 1 is 0.829 bits per heavy atom. The van der Waals surface area contributed by atoms with Gasteiger partial charge in [-0.3, -0.25) is 14.5 Å². The summed E-state index contributed by atoms with van der Waals surface area (Å²) in [5.74, 6) is -0.0259. The molecule has 4 rings (SSSR count). The molecule has 0 bridgehead atoms. The van der Waals surface area contributed by atoms with E-state index in [0.29, 0.717) is 22.2 Å². The quantitative estimate of drug-likeness (QED) is 0.379. The van der Waals surface area contributed by atoms with E-state index in [0.717, 1.165) is 31.2 Å². The first-order valence-corrected chi connectivity index (χ1v) is 12.9. The molecule has 35 heavy (non-hydrogen) atoms. The van der Waals surface area contributed by atoms with Gasteiger partial charge in [-0.15, -0.1) is 0 Å². The van der Waals surface area contributed by atoms with Crippen molar-refractivity contribution in [3.8, 4) is 0 Å². The molecule has 0 spiro atoms. The number of nitrogens with zero attached hydrogens (tertiary/aromatic N) is 1. The normalized spacial score (nSPS) is 15.0. The lowest BCUT2D eigenvalue weighted by molar-refractivity contribution is -0.123.